The Morgan fingerprint density at radius 1 is 1.62 bits per heavy atom. The van der Waals surface area contributed by atoms with Crippen LogP contribution >= 0.6 is 12.2 Å². The van der Waals surface area contributed by atoms with Crippen LogP contribution in [0, 0.1) is 0 Å². The minimum atomic E-state index is -0.189. The molecule has 16 heavy (non-hydrogen) atoms. The average Bonchev–Trinajstić information content (AvgIpc) is 2.23. The van der Waals surface area contributed by atoms with Crippen molar-refractivity contribution in [1.82, 2.24) is 4.57 Å². The zero-order valence-corrected chi connectivity index (χ0v) is 10.1. The number of unbranched alkanes of at least 4 members (excludes halogenated alkanes) is 1. The monoisotopic (exact) mass is 240 g/mol. The van der Waals surface area contributed by atoms with Crippen LogP contribution in [0.3, 0.4) is 0 Å². The van der Waals surface area contributed by atoms with Gasteiger partial charge in [0, 0.05) is 6.20 Å². The summed E-state index contributed by atoms with van der Waals surface area (Å²) in [5.74, 6) is 0.354. The summed E-state index contributed by atoms with van der Waals surface area (Å²) < 4.78 is 6.83. The van der Waals surface area contributed by atoms with Crippen LogP contribution in [0.1, 0.15) is 19.8 Å². The molecule has 1 rings (SSSR count). The molecule has 0 aromatic carbocycles. The van der Waals surface area contributed by atoms with Crippen LogP contribution in [0.4, 0.5) is 0 Å². The number of nitrogens with two attached hydrogens (primary N) is 1. The lowest BCUT2D eigenvalue weighted by Crippen LogP contribution is -2.27. The van der Waals surface area contributed by atoms with E-state index in [1.807, 2.05) is 0 Å². The molecular formula is C11H16N2O2S. The minimum Gasteiger partial charge on any atom is -0.488 e. The van der Waals surface area contributed by atoms with E-state index < -0.39 is 0 Å². The zero-order valence-electron chi connectivity index (χ0n) is 9.31. The first-order chi connectivity index (χ1) is 7.65. The molecule has 0 atom stereocenters. The van der Waals surface area contributed by atoms with E-state index in [0.29, 0.717) is 12.4 Å². The van der Waals surface area contributed by atoms with Gasteiger partial charge in [0.1, 0.15) is 0 Å². The summed E-state index contributed by atoms with van der Waals surface area (Å²) in [6, 6.07) is 3.41. The number of pyridine rings is 1. The van der Waals surface area contributed by atoms with Crippen molar-refractivity contribution in [3.63, 3.8) is 0 Å². The van der Waals surface area contributed by atoms with Crippen molar-refractivity contribution in [2.45, 2.75) is 26.3 Å². The SMILES string of the molecule is CCCCOc1cccn(CC(N)=S)c1=O. The highest BCUT2D eigenvalue weighted by molar-refractivity contribution is 7.80. The zero-order chi connectivity index (χ0) is 12.0. The third kappa shape index (κ3) is 3.66. The normalized spacial score (nSPS) is 10.1. The molecule has 0 aliphatic heterocycles. The highest BCUT2D eigenvalue weighted by atomic mass is 32.1. The van der Waals surface area contributed by atoms with Gasteiger partial charge in [-0.3, -0.25) is 4.79 Å². The van der Waals surface area contributed by atoms with Gasteiger partial charge in [-0.05, 0) is 18.6 Å². The summed E-state index contributed by atoms with van der Waals surface area (Å²) in [7, 11) is 0. The lowest BCUT2D eigenvalue weighted by atomic mass is 10.3. The Kier molecular flexibility index (Phi) is 4.98. The molecule has 0 spiro atoms. The van der Waals surface area contributed by atoms with Gasteiger partial charge in [-0.2, -0.15) is 0 Å². The molecule has 5 heteroatoms. The quantitative estimate of drug-likeness (QED) is 0.602. The molecular weight excluding hydrogens is 224 g/mol. The summed E-state index contributed by atoms with van der Waals surface area (Å²) in [4.78, 5) is 12.1. The van der Waals surface area contributed by atoms with Crippen LogP contribution in [-0.2, 0) is 6.54 Å². The van der Waals surface area contributed by atoms with Crippen LogP contribution in [0.2, 0.25) is 0 Å². The Bertz CT molecular complexity index is 415. The van der Waals surface area contributed by atoms with Crippen LogP contribution in [0.15, 0.2) is 23.1 Å². The molecule has 2 N–H and O–H groups in total. The van der Waals surface area contributed by atoms with Crippen molar-refractivity contribution in [3.8, 4) is 5.75 Å². The molecule has 0 amide bonds. The molecule has 1 aromatic heterocycles. The van der Waals surface area contributed by atoms with Gasteiger partial charge < -0.3 is 15.0 Å². The average molecular weight is 240 g/mol. The maximum Gasteiger partial charge on any atom is 0.293 e. The highest BCUT2D eigenvalue weighted by Crippen LogP contribution is 2.03. The molecule has 88 valence electrons. The van der Waals surface area contributed by atoms with Gasteiger partial charge in [0.15, 0.2) is 5.75 Å². The van der Waals surface area contributed by atoms with Crippen molar-refractivity contribution in [1.29, 1.82) is 0 Å². The second kappa shape index (κ2) is 6.27. The van der Waals surface area contributed by atoms with E-state index in [4.69, 9.17) is 22.7 Å². The minimum absolute atomic E-state index is 0.189. The summed E-state index contributed by atoms with van der Waals surface area (Å²) in [6.07, 6.45) is 3.62. The number of thiocarbonyl (C=S) groups is 1. The van der Waals surface area contributed by atoms with Crippen molar-refractivity contribution in [2.75, 3.05) is 6.61 Å². The van der Waals surface area contributed by atoms with E-state index in [-0.39, 0.29) is 17.1 Å². The number of rotatable bonds is 6. The molecule has 0 radical (unpaired) electrons. The number of nitrogens with zero attached hydrogens (tertiary/aromatic N) is 1. The summed E-state index contributed by atoms with van der Waals surface area (Å²) in [6.45, 7) is 2.88. The molecule has 0 saturated heterocycles. The topological polar surface area (TPSA) is 57.2 Å². The standard InChI is InChI=1S/C11H16N2O2S/c1-2-3-7-15-9-5-4-6-13(11(9)14)8-10(12)16/h4-6H,2-3,7-8H2,1H3,(H2,12,16). The third-order valence-electron chi connectivity index (χ3n) is 2.07. The first kappa shape index (κ1) is 12.7. The molecule has 0 bridgehead atoms. The Hall–Kier alpha value is -1.36. The lowest BCUT2D eigenvalue weighted by molar-refractivity contribution is 0.303. The Balaban J connectivity index is 2.78. The van der Waals surface area contributed by atoms with Gasteiger partial charge in [0.25, 0.3) is 5.56 Å². The summed E-state index contributed by atoms with van der Waals surface area (Å²) in [5, 5.41) is 0. The predicted octanol–water partition coefficient (Wildman–Crippen LogP) is 1.31. The van der Waals surface area contributed by atoms with Crippen LogP contribution in [-0.4, -0.2) is 16.2 Å². The van der Waals surface area contributed by atoms with Crippen LogP contribution < -0.4 is 16.0 Å². The lowest BCUT2D eigenvalue weighted by Gasteiger charge is -2.08. The van der Waals surface area contributed by atoms with Gasteiger partial charge in [-0.15, -0.1) is 0 Å². The van der Waals surface area contributed by atoms with E-state index in [9.17, 15) is 4.79 Å². The third-order valence-corrected chi connectivity index (χ3v) is 2.20. The Morgan fingerprint density at radius 2 is 2.38 bits per heavy atom. The van der Waals surface area contributed by atoms with E-state index in [2.05, 4.69) is 6.92 Å². The van der Waals surface area contributed by atoms with E-state index in [0.717, 1.165) is 12.8 Å². The molecule has 1 aromatic rings. The van der Waals surface area contributed by atoms with E-state index in [1.54, 1.807) is 18.3 Å². The fraction of sp³-hybridized carbons (Fsp3) is 0.455. The van der Waals surface area contributed by atoms with E-state index >= 15 is 0 Å². The second-order valence-electron chi connectivity index (χ2n) is 3.47. The van der Waals surface area contributed by atoms with Crippen molar-refractivity contribution >= 4 is 17.2 Å². The Morgan fingerprint density at radius 3 is 3.00 bits per heavy atom. The van der Waals surface area contributed by atoms with Crippen molar-refractivity contribution in [2.24, 2.45) is 5.73 Å². The van der Waals surface area contributed by atoms with Gasteiger partial charge in [-0.25, -0.2) is 0 Å². The molecule has 0 aliphatic carbocycles. The number of ether oxygens (including phenoxy) is 1. The maximum atomic E-state index is 11.8. The highest BCUT2D eigenvalue weighted by Gasteiger charge is 2.04. The van der Waals surface area contributed by atoms with Crippen LogP contribution in [0.25, 0.3) is 0 Å². The first-order valence-electron chi connectivity index (χ1n) is 5.25. The predicted molar refractivity (Wildman–Crippen MR) is 67.9 cm³/mol. The molecule has 0 aliphatic rings. The van der Waals surface area contributed by atoms with Crippen molar-refractivity contribution in [3.05, 3.63) is 28.7 Å². The Labute approximate surface area is 100 Å². The summed E-state index contributed by atoms with van der Waals surface area (Å²) in [5.41, 5.74) is 5.21. The van der Waals surface area contributed by atoms with Crippen molar-refractivity contribution < 1.29 is 4.74 Å². The summed E-state index contributed by atoms with van der Waals surface area (Å²) >= 11 is 4.76. The maximum absolute atomic E-state index is 11.8. The molecule has 4 nitrogen and oxygen atoms in total. The van der Waals surface area contributed by atoms with Gasteiger partial charge in [0.05, 0.1) is 18.1 Å². The van der Waals surface area contributed by atoms with Gasteiger partial charge in [0.2, 0.25) is 0 Å². The molecule has 0 unspecified atom stereocenters. The molecule has 1 heterocycles. The van der Waals surface area contributed by atoms with Gasteiger partial charge >= 0.3 is 0 Å². The van der Waals surface area contributed by atoms with Gasteiger partial charge in [-0.1, -0.05) is 25.6 Å². The van der Waals surface area contributed by atoms with Crippen LogP contribution in [0.5, 0.6) is 5.75 Å². The molecule has 0 fully saturated rings. The second-order valence-corrected chi connectivity index (χ2v) is 4.00. The number of hydrogen-bond acceptors (Lipinski definition) is 3. The van der Waals surface area contributed by atoms with E-state index in [1.165, 1.54) is 4.57 Å². The number of hydrogen-bond donors (Lipinski definition) is 1. The smallest absolute Gasteiger partial charge is 0.293 e. The fourth-order valence-corrected chi connectivity index (χ4v) is 1.38. The first-order valence-corrected chi connectivity index (χ1v) is 5.66. The number of aromatic nitrogens is 1. The molecule has 0 saturated carbocycles. The fourth-order valence-electron chi connectivity index (χ4n) is 1.24. The largest absolute Gasteiger partial charge is 0.488 e.